The van der Waals surface area contributed by atoms with Crippen LogP contribution in [-0.2, 0) is 16.6 Å². The van der Waals surface area contributed by atoms with Crippen LogP contribution in [0.1, 0.15) is 5.56 Å². The normalized spacial score (nSPS) is 11.9. The first-order valence-corrected chi connectivity index (χ1v) is 13.6. The number of pyridine rings is 3. The van der Waals surface area contributed by atoms with Crippen LogP contribution < -0.4 is 9.46 Å². The molecule has 0 amide bonds. The summed E-state index contributed by atoms with van der Waals surface area (Å²) in [6.45, 7) is -0.0444. The van der Waals surface area contributed by atoms with Gasteiger partial charge in [0, 0.05) is 35.5 Å². The molecule has 11 nitrogen and oxygen atoms in total. The maximum Gasteiger partial charge on any atom is 0.209 e. The number of aromatic nitrogens is 7. The number of halogens is 1. The maximum absolute atomic E-state index is 14.5. The number of benzene rings is 1. The van der Waals surface area contributed by atoms with Gasteiger partial charge in [0.05, 0.1) is 54.2 Å². The topological polar surface area (TPSA) is 151 Å². The van der Waals surface area contributed by atoms with E-state index in [9.17, 15) is 12.8 Å². The molecule has 0 fully saturated rings. The molecule has 0 saturated heterocycles. The van der Waals surface area contributed by atoms with Gasteiger partial charge in [0.2, 0.25) is 10.0 Å². The Morgan fingerprint density at radius 3 is 2.64 bits per heavy atom. The Morgan fingerprint density at radius 2 is 1.82 bits per heavy atom. The summed E-state index contributed by atoms with van der Waals surface area (Å²) in [7, 11) is -1.86. The van der Waals surface area contributed by atoms with Crippen molar-refractivity contribution in [2.45, 2.75) is 6.54 Å². The van der Waals surface area contributed by atoms with Crippen LogP contribution in [0.2, 0.25) is 0 Å². The summed E-state index contributed by atoms with van der Waals surface area (Å²) in [6, 6.07) is 8.09. The summed E-state index contributed by atoms with van der Waals surface area (Å²) in [5.74, 6) is 0.601. The second-order valence-electron chi connectivity index (χ2n) is 8.91. The summed E-state index contributed by atoms with van der Waals surface area (Å²) in [6.07, 6.45) is 9.29. The van der Waals surface area contributed by atoms with Crippen LogP contribution in [0.3, 0.4) is 0 Å². The van der Waals surface area contributed by atoms with Crippen LogP contribution in [0.4, 0.5) is 4.39 Å². The van der Waals surface area contributed by atoms with E-state index in [2.05, 4.69) is 34.9 Å². The van der Waals surface area contributed by atoms with E-state index in [1.54, 1.807) is 44.2 Å². The highest BCUT2D eigenvalue weighted by molar-refractivity contribution is 7.88. The average Bonchev–Trinajstić information content (AvgIpc) is 3.55. The summed E-state index contributed by atoms with van der Waals surface area (Å²) in [5.41, 5.74) is 5.52. The Labute approximate surface area is 221 Å². The SMILES string of the molecule is COc1cncc(-c2cc3c(-c4nc5c(-c6cc(F)cc(CNS(C)(=O)=O)c6)cncc5[nH]4)n[nH]c3cn2)c1. The number of H-pyrrole nitrogens is 2. The van der Waals surface area contributed by atoms with Crippen LogP contribution in [0.5, 0.6) is 5.75 Å². The Hall–Kier alpha value is -4.75. The molecule has 0 atom stereocenters. The minimum Gasteiger partial charge on any atom is -0.495 e. The lowest BCUT2D eigenvalue weighted by molar-refractivity contribution is 0.413. The fraction of sp³-hybridized carbons (Fsp3) is 0.115. The summed E-state index contributed by atoms with van der Waals surface area (Å²) >= 11 is 0. The van der Waals surface area contributed by atoms with E-state index in [1.165, 1.54) is 12.1 Å². The van der Waals surface area contributed by atoms with E-state index in [-0.39, 0.29) is 6.54 Å². The second kappa shape index (κ2) is 9.53. The lowest BCUT2D eigenvalue weighted by Crippen LogP contribution is -2.21. The Balaban J connectivity index is 1.42. The molecule has 6 aromatic rings. The van der Waals surface area contributed by atoms with Gasteiger partial charge in [-0.2, -0.15) is 5.10 Å². The minimum absolute atomic E-state index is 0.0444. The molecule has 39 heavy (non-hydrogen) atoms. The third-order valence-electron chi connectivity index (χ3n) is 6.12. The standard InChI is InChI=1S/C26H21FN8O3S/c1-38-18-6-16(9-28-10-18)21-7-19-22(13-30-21)34-35-25(19)26-32-23-12-29-11-20(24(23)33-26)15-3-14(4-17(27)5-15)8-31-39(2,36)37/h3-7,9-13,31H,8H2,1-2H3,(H,32,33)(H,34,35). The van der Waals surface area contributed by atoms with E-state index >= 15 is 0 Å². The van der Waals surface area contributed by atoms with Gasteiger partial charge in [-0.15, -0.1) is 0 Å². The van der Waals surface area contributed by atoms with Crippen molar-refractivity contribution < 1.29 is 17.5 Å². The molecule has 0 aliphatic heterocycles. The first kappa shape index (κ1) is 24.6. The molecule has 13 heteroatoms. The lowest BCUT2D eigenvalue weighted by Gasteiger charge is -2.07. The molecule has 0 unspecified atom stereocenters. The molecule has 0 radical (unpaired) electrons. The fourth-order valence-corrected chi connectivity index (χ4v) is 4.73. The highest BCUT2D eigenvalue weighted by Crippen LogP contribution is 2.33. The number of sulfonamides is 1. The van der Waals surface area contributed by atoms with Gasteiger partial charge in [-0.3, -0.25) is 20.1 Å². The Morgan fingerprint density at radius 1 is 0.974 bits per heavy atom. The highest BCUT2D eigenvalue weighted by atomic mass is 32.2. The van der Waals surface area contributed by atoms with E-state index in [0.29, 0.717) is 50.7 Å². The number of nitrogens with zero attached hydrogens (tertiary/aromatic N) is 5. The number of hydrogen-bond acceptors (Lipinski definition) is 8. The number of hydrogen-bond donors (Lipinski definition) is 3. The van der Waals surface area contributed by atoms with Crippen LogP contribution >= 0.6 is 0 Å². The summed E-state index contributed by atoms with van der Waals surface area (Å²) in [4.78, 5) is 21.1. The smallest absolute Gasteiger partial charge is 0.209 e. The van der Waals surface area contributed by atoms with Crippen molar-refractivity contribution in [2.24, 2.45) is 0 Å². The Kier molecular flexibility index (Phi) is 6.00. The van der Waals surface area contributed by atoms with Gasteiger partial charge in [0.15, 0.2) is 5.82 Å². The van der Waals surface area contributed by atoms with E-state index < -0.39 is 15.8 Å². The molecule has 196 valence electrons. The zero-order chi connectivity index (χ0) is 27.1. The predicted octanol–water partition coefficient (Wildman–Crippen LogP) is 3.82. The number of methoxy groups -OCH3 is 1. The number of imidazole rings is 1. The molecule has 0 aliphatic rings. The third kappa shape index (κ3) is 4.92. The summed E-state index contributed by atoms with van der Waals surface area (Å²) in [5, 5.41) is 8.24. The van der Waals surface area contributed by atoms with E-state index in [0.717, 1.165) is 22.7 Å². The number of fused-ring (bicyclic) bond motifs is 2. The largest absolute Gasteiger partial charge is 0.495 e. The first-order chi connectivity index (χ1) is 18.8. The number of nitrogens with one attached hydrogen (secondary N) is 3. The molecule has 0 spiro atoms. The third-order valence-corrected chi connectivity index (χ3v) is 6.79. The van der Waals surface area contributed by atoms with Gasteiger partial charge >= 0.3 is 0 Å². The number of rotatable bonds is 7. The molecule has 3 N–H and O–H groups in total. The second-order valence-corrected chi connectivity index (χ2v) is 10.7. The lowest BCUT2D eigenvalue weighted by atomic mass is 10.0. The van der Waals surface area contributed by atoms with Crippen LogP contribution in [0.25, 0.3) is 55.8 Å². The van der Waals surface area contributed by atoms with Crippen molar-refractivity contribution >= 4 is 32.0 Å². The monoisotopic (exact) mass is 544 g/mol. The van der Waals surface area contributed by atoms with Gasteiger partial charge in [0.25, 0.3) is 0 Å². The number of aromatic amines is 2. The molecule has 0 saturated carbocycles. The molecule has 0 aliphatic carbocycles. The minimum atomic E-state index is -3.44. The van der Waals surface area contributed by atoms with Gasteiger partial charge in [0.1, 0.15) is 17.3 Å². The number of ether oxygens (including phenoxy) is 1. The van der Waals surface area contributed by atoms with Gasteiger partial charge in [-0.25, -0.2) is 22.5 Å². The van der Waals surface area contributed by atoms with Crippen molar-refractivity contribution in [3.8, 4) is 39.7 Å². The molecular weight excluding hydrogens is 523 g/mol. The molecule has 1 aromatic carbocycles. The molecular formula is C26H21FN8O3S. The molecule has 5 heterocycles. The Bertz CT molecular complexity index is 1970. The van der Waals surface area contributed by atoms with E-state index in [1.807, 2.05) is 12.1 Å². The van der Waals surface area contributed by atoms with Crippen LogP contribution in [0, 0.1) is 5.82 Å². The molecule has 6 rings (SSSR count). The van der Waals surface area contributed by atoms with Gasteiger partial charge < -0.3 is 9.72 Å². The van der Waals surface area contributed by atoms with Crippen LogP contribution in [-0.4, -0.2) is 56.9 Å². The molecule has 5 aromatic heterocycles. The van der Waals surface area contributed by atoms with E-state index in [4.69, 9.17) is 9.72 Å². The van der Waals surface area contributed by atoms with Gasteiger partial charge in [-0.1, -0.05) is 0 Å². The van der Waals surface area contributed by atoms with Crippen LogP contribution in [0.15, 0.2) is 61.3 Å². The zero-order valence-corrected chi connectivity index (χ0v) is 21.5. The van der Waals surface area contributed by atoms with Crippen molar-refractivity contribution in [3.05, 3.63) is 72.7 Å². The first-order valence-electron chi connectivity index (χ1n) is 11.7. The quantitative estimate of drug-likeness (QED) is 0.274. The van der Waals surface area contributed by atoms with Gasteiger partial charge in [-0.05, 0) is 41.5 Å². The van der Waals surface area contributed by atoms with Crippen molar-refractivity contribution in [1.29, 1.82) is 0 Å². The summed E-state index contributed by atoms with van der Waals surface area (Å²) < 4.78 is 45.2. The highest BCUT2D eigenvalue weighted by Gasteiger charge is 2.17. The fourth-order valence-electron chi connectivity index (χ4n) is 4.30. The zero-order valence-electron chi connectivity index (χ0n) is 20.7. The van der Waals surface area contributed by atoms with Crippen molar-refractivity contribution in [1.82, 2.24) is 39.8 Å². The molecule has 0 bridgehead atoms. The maximum atomic E-state index is 14.5. The van der Waals surface area contributed by atoms with Crippen molar-refractivity contribution in [2.75, 3.05) is 13.4 Å². The predicted molar refractivity (Wildman–Crippen MR) is 144 cm³/mol. The van der Waals surface area contributed by atoms with Crippen molar-refractivity contribution in [3.63, 3.8) is 0 Å². The average molecular weight is 545 g/mol.